The van der Waals surface area contributed by atoms with Crippen LogP contribution in [0.4, 0.5) is 0 Å². The summed E-state index contributed by atoms with van der Waals surface area (Å²) in [5.74, 6) is 0. The van der Waals surface area contributed by atoms with E-state index in [1.165, 1.54) is 6.42 Å². The monoisotopic (exact) mass is 185 g/mol. The Hall–Kier alpha value is -0.0800. The lowest BCUT2D eigenvalue weighted by Crippen LogP contribution is -2.56. The Morgan fingerprint density at radius 2 is 2.15 bits per heavy atom. The normalized spacial score (nSPS) is 40.6. The highest BCUT2D eigenvalue weighted by Gasteiger charge is 2.34. The second-order valence-electron chi connectivity index (χ2n) is 4.43. The zero-order chi connectivity index (χ0) is 9.90. The van der Waals surface area contributed by atoms with Crippen molar-refractivity contribution in [3.05, 3.63) is 0 Å². The molecule has 0 aliphatic carbocycles. The lowest BCUT2D eigenvalue weighted by Gasteiger charge is -2.42. The van der Waals surface area contributed by atoms with Gasteiger partial charge in [-0.05, 0) is 26.7 Å². The highest BCUT2D eigenvalue weighted by molar-refractivity contribution is 4.88. The third-order valence-electron chi connectivity index (χ3n) is 2.97. The molecule has 78 valence electrons. The van der Waals surface area contributed by atoms with E-state index in [2.05, 4.69) is 33.0 Å². The van der Waals surface area contributed by atoms with E-state index in [4.69, 9.17) is 4.74 Å². The van der Waals surface area contributed by atoms with E-state index in [1.54, 1.807) is 0 Å². The van der Waals surface area contributed by atoms with Crippen LogP contribution in [0.25, 0.3) is 0 Å². The maximum absolute atomic E-state index is 6.11. The van der Waals surface area contributed by atoms with Crippen molar-refractivity contribution in [2.75, 3.05) is 6.54 Å². The summed E-state index contributed by atoms with van der Waals surface area (Å²) in [5, 5.41) is 3.53. The van der Waals surface area contributed by atoms with Gasteiger partial charge in [-0.15, -0.1) is 0 Å². The Bertz CT molecular complexity index is 160. The van der Waals surface area contributed by atoms with E-state index in [0.717, 1.165) is 19.4 Å². The summed E-state index contributed by atoms with van der Waals surface area (Å²) in [6.45, 7) is 9.84. The minimum absolute atomic E-state index is 0.0714. The number of ether oxygens (including phenoxy) is 1. The molecule has 3 atom stereocenters. The molecular weight excluding hydrogens is 162 g/mol. The van der Waals surface area contributed by atoms with Crippen molar-refractivity contribution in [2.45, 2.75) is 64.7 Å². The van der Waals surface area contributed by atoms with Gasteiger partial charge in [-0.25, -0.2) is 0 Å². The van der Waals surface area contributed by atoms with E-state index in [1.807, 2.05) is 0 Å². The molecule has 1 aliphatic heterocycles. The molecule has 0 bridgehead atoms. The molecule has 13 heavy (non-hydrogen) atoms. The predicted octanol–water partition coefficient (Wildman–Crippen LogP) is 2.33. The first-order valence-corrected chi connectivity index (χ1v) is 5.52. The van der Waals surface area contributed by atoms with Crippen LogP contribution in [0.1, 0.15) is 47.0 Å². The summed E-state index contributed by atoms with van der Waals surface area (Å²) in [7, 11) is 0. The topological polar surface area (TPSA) is 21.3 Å². The molecule has 1 heterocycles. The van der Waals surface area contributed by atoms with Crippen LogP contribution in [0.15, 0.2) is 0 Å². The van der Waals surface area contributed by atoms with Gasteiger partial charge < -0.3 is 10.1 Å². The van der Waals surface area contributed by atoms with Gasteiger partial charge in [-0.3, -0.25) is 0 Å². The largest absolute Gasteiger partial charge is 0.369 e. The van der Waals surface area contributed by atoms with Gasteiger partial charge in [0.05, 0.1) is 11.7 Å². The summed E-state index contributed by atoms with van der Waals surface area (Å²) in [6.07, 6.45) is 3.85. The van der Waals surface area contributed by atoms with E-state index in [-0.39, 0.29) is 5.60 Å². The fourth-order valence-electron chi connectivity index (χ4n) is 2.13. The van der Waals surface area contributed by atoms with Gasteiger partial charge in [0.1, 0.15) is 0 Å². The molecule has 2 heteroatoms. The van der Waals surface area contributed by atoms with Crippen LogP contribution < -0.4 is 5.32 Å². The maximum Gasteiger partial charge on any atom is 0.0782 e. The molecule has 1 N–H and O–H groups in total. The van der Waals surface area contributed by atoms with Gasteiger partial charge in [0.15, 0.2) is 0 Å². The minimum Gasteiger partial charge on any atom is -0.369 e. The van der Waals surface area contributed by atoms with Crippen LogP contribution in [0.3, 0.4) is 0 Å². The third kappa shape index (κ3) is 2.68. The van der Waals surface area contributed by atoms with Crippen molar-refractivity contribution < 1.29 is 4.74 Å². The Labute approximate surface area is 82.0 Å². The Morgan fingerprint density at radius 3 is 2.69 bits per heavy atom. The second kappa shape index (κ2) is 4.43. The standard InChI is InChI=1S/C11H23NO/c1-5-7-11(4)8-12-9(3)10(6-2)13-11/h9-10,12H,5-8H2,1-4H3. The van der Waals surface area contributed by atoms with E-state index in [9.17, 15) is 0 Å². The first-order chi connectivity index (χ1) is 6.11. The highest BCUT2D eigenvalue weighted by Crippen LogP contribution is 2.25. The Kier molecular flexibility index (Phi) is 3.74. The maximum atomic E-state index is 6.11. The molecule has 0 aromatic heterocycles. The average Bonchev–Trinajstić information content (AvgIpc) is 2.10. The first kappa shape index (κ1) is 11.0. The molecule has 0 aromatic carbocycles. The lowest BCUT2D eigenvalue weighted by atomic mass is 9.95. The van der Waals surface area contributed by atoms with Crippen LogP contribution in [-0.2, 0) is 4.74 Å². The molecule has 1 rings (SSSR count). The first-order valence-electron chi connectivity index (χ1n) is 5.52. The summed E-state index contributed by atoms with van der Waals surface area (Å²) < 4.78 is 6.11. The molecule has 0 amide bonds. The number of hydrogen-bond acceptors (Lipinski definition) is 2. The van der Waals surface area contributed by atoms with Crippen LogP contribution in [0.5, 0.6) is 0 Å². The molecule has 0 aromatic rings. The van der Waals surface area contributed by atoms with Gasteiger partial charge >= 0.3 is 0 Å². The molecule has 2 nitrogen and oxygen atoms in total. The molecule has 1 aliphatic rings. The van der Waals surface area contributed by atoms with Crippen molar-refractivity contribution in [1.82, 2.24) is 5.32 Å². The van der Waals surface area contributed by atoms with Gasteiger partial charge in [0.2, 0.25) is 0 Å². The summed E-state index contributed by atoms with van der Waals surface area (Å²) in [6, 6.07) is 0.509. The smallest absolute Gasteiger partial charge is 0.0782 e. The third-order valence-corrected chi connectivity index (χ3v) is 2.97. The minimum atomic E-state index is 0.0714. The number of morpholine rings is 1. The molecule has 0 radical (unpaired) electrons. The predicted molar refractivity (Wildman–Crippen MR) is 55.9 cm³/mol. The number of rotatable bonds is 3. The Morgan fingerprint density at radius 1 is 1.46 bits per heavy atom. The van der Waals surface area contributed by atoms with Gasteiger partial charge in [0, 0.05) is 12.6 Å². The van der Waals surface area contributed by atoms with Crippen LogP contribution >= 0.6 is 0 Å². The zero-order valence-electron chi connectivity index (χ0n) is 9.39. The SMILES string of the molecule is CCCC1(C)CNC(C)C(CC)O1. The molecule has 3 unspecified atom stereocenters. The van der Waals surface area contributed by atoms with Crippen molar-refractivity contribution in [2.24, 2.45) is 0 Å². The summed E-state index contributed by atoms with van der Waals surface area (Å²) in [4.78, 5) is 0. The van der Waals surface area contributed by atoms with Crippen molar-refractivity contribution in [3.63, 3.8) is 0 Å². The van der Waals surface area contributed by atoms with Crippen molar-refractivity contribution in [3.8, 4) is 0 Å². The van der Waals surface area contributed by atoms with Crippen molar-refractivity contribution >= 4 is 0 Å². The second-order valence-corrected chi connectivity index (χ2v) is 4.43. The van der Waals surface area contributed by atoms with E-state index < -0.39 is 0 Å². The highest BCUT2D eigenvalue weighted by atomic mass is 16.5. The lowest BCUT2D eigenvalue weighted by molar-refractivity contribution is -0.127. The van der Waals surface area contributed by atoms with E-state index >= 15 is 0 Å². The van der Waals surface area contributed by atoms with Crippen LogP contribution in [0, 0.1) is 0 Å². The van der Waals surface area contributed by atoms with Gasteiger partial charge in [-0.2, -0.15) is 0 Å². The molecule has 1 fully saturated rings. The zero-order valence-corrected chi connectivity index (χ0v) is 9.39. The summed E-state index contributed by atoms with van der Waals surface area (Å²) in [5.41, 5.74) is 0.0714. The molecule has 0 saturated carbocycles. The average molecular weight is 185 g/mol. The van der Waals surface area contributed by atoms with E-state index in [0.29, 0.717) is 12.1 Å². The summed E-state index contributed by atoms with van der Waals surface area (Å²) >= 11 is 0. The molecular formula is C11H23NO. The van der Waals surface area contributed by atoms with Gasteiger partial charge in [0.25, 0.3) is 0 Å². The van der Waals surface area contributed by atoms with Crippen LogP contribution in [0.2, 0.25) is 0 Å². The van der Waals surface area contributed by atoms with Crippen molar-refractivity contribution in [1.29, 1.82) is 0 Å². The van der Waals surface area contributed by atoms with Crippen LogP contribution in [-0.4, -0.2) is 24.3 Å². The fraction of sp³-hybridized carbons (Fsp3) is 1.00. The quantitative estimate of drug-likeness (QED) is 0.728. The molecule has 0 spiro atoms. The number of hydrogen-bond donors (Lipinski definition) is 1. The number of nitrogens with one attached hydrogen (secondary N) is 1. The molecule has 1 saturated heterocycles. The fourth-order valence-corrected chi connectivity index (χ4v) is 2.13. The van der Waals surface area contributed by atoms with Gasteiger partial charge in [-0.1, -0.05) is 20.3 Å². The Balaban J connectivity index is 2.52.